The van der Waals surface area contributed by atoms with E-state index in [0.29, 0.717) is 0 Å². The second kappa shape index (κ2) is 2.05. The third-order valence-electron chi connectivity index (χ3n) is 3.30. The second-order valence-corrected chi connectivity index (χ2v) is 5.16. The molecule has 68 valence electrons. The number of hydrogen-bond donors (Lipinski definition) is 0. The first-order chi connectivity index (χ1) is 6.14. The van der Waals surface area contributed by atoms with Crippen LogP contribution in [0.25, 0.3) is 0 Å². The average Bonchev–Trinajstić information content (AvgIpc) is 2.66. The number of esters is 2. The van der Waals surface area contributed by atoms with E-state index in [4.69, 9.17) is 0 Å². The van der Waals surface area contributed by atoms with Gasteiger partial charge in [0.2, 0.25) is 0 Å². The lowest BCUT2D eigenvalue weighted by atomic mass is 9.85. The van der Waals surface area contributed by atoms with Crippen molar-refractivity contribution in [3.8, 4) is 0 Å². The van der Waals surface area contributed by atoms with Crippen molar-refractivity contribution in [1.29, 1.82) is 0 Å². The van der Waals surface area contributed by atoms with Crippen molar-refractivity contribution in [2.24, 2.45) is 17.8 Å². The molecule has 3 nitrogen and oxygen atoms in total. The highest BCUT2D eigenvalue weighted by Gasteiger charge is 2.68. The number of fused-ring (bicyclic) bond motifs is 5. The third-order valence-corrected chi connectivity index (χ3v) is 4.70. The van der Waals surface area contributed by atoms with Crippen molar-refractivity contribution in [1.82, 2.24) is 0 Å². The predicted octanol–water partition coefficient (Wildman–Crippen LogP) is 1.03. The summed E-state index contributed by atoms with van der Waals surface area (Å²) < 4.78 is 3.91. The van der Waals surface area contributed by atoms with Gasteiger partial charge in [-0.05, 0) is 12.3 Å². The Morgan fingerprint density at radius 3 is 2.92 bits per heavy atom. The van der Waals surface area contributed by atoms with Crippen molar-refractivity contribution in [2.45, 2.75) is 10.7 Å². The molecule has 3 aliphatic rings. The summed E-state index contributed by atoms with van der Waals surface area (Å²) in [7, 11) is 0. The van der Waals surface area contributed by atoms with Gasteiger partial charge in [-0.1, -0.05) is 28.1 Å². The van der Waals surface area contributed by atoms with E-state index in [1.165, 1.54) is 0 Å². The highest BCUT2D eigenvalue weighted by Crippen LogP contribution is 2.58. The van der Waals surface area contributed by atoms with Crippen LogP contribution < -0.4 is 0 Å². The van der Waals surface area contributed by atoms with Gasteiger partial charge in [-0.25, -0.2) is 4.79 Å². The van der Waals surface area contributed by atoms with Gasteiger partial charge in [0, 0.05) is 5.92 Å². The number of hydrogen-bond acceptors (Lipinski definition) is 3. The minimum atomic E-state index is -0.733. The molecule has 1 saturated heterocycles. The van der Waals surface area contributed by atoms with Gasteiger partial charge in [-0.15, -0.1) is 0 Å². The standard InChI is InChI=1S/C9H7BrO3/c10-9-5-2-1-4(3-5)6(9)7(11)13-8(9)12/h1-2,4-6H,3H2. The van der Waals surface area contributed by atoms with E-state index in [9.17, 15) is 9.59 Å². The minimum absolute atomic E-state index is 0.140. The lowest BCUT2D eigenvalue weighted by molar-refractivity contribution is -0.154. The largest absolute Gasteiger partial charge is 0.392 e. The average molecular weight is 243 g/mol. The summed E-state index contributed by atoms with van der Waals surface area (Å²) in [5, 5.41) is 0. The summed E-state index contributed by atoms with van der Waals surface area (Å²) >= 11 is 3.39. The molecule has 0 aromatic carbocycles. The molecule has 3 rings (SSSR count). The zero-order chi connectivity index (χ0) is 9.22. The molecule has 0 radical (unpaired) electrons. The number of carbonyl (C=O) groups excluding carboxylic acids is 2. The fourth-order valence-corrected chi connectivity index (χ4v) is 3.63. The van der Waals surface area contributed by atoms with Crippen LogP contribution in [0.4, 0.5) is 0 Å². The normalized spacial score (nSPS) is 51.3. The number of alkyl halides is 1. The third kappa shape index (κ3) is 0.676. The molecule has 1 saturated carbocycles. The monoisotopic (exact) mass is 242 g/mol. The van der Waals surface area contributed by atoms with Gasteiger partial charge in [-0.2, -0.15) is 0 Å². The highest BCUT2D eigenvalue weighted by molar-refractivity contribution is 9.10. The van der Waals surface area contributed by atoms with Crippen molar-refractivity contribution >= 4 is 27.9 Å². The summed E-state index contributed by atoms with van der Waals surface area (Å²) in [5.41, 5.74) is 0. The SMILES string of the molecule is O=C1OC(=O)C2(Br)C3C=CC(C3)C12. The van der Waals surface area contributed by atoms with Crippen LogP contribution in [-0.4, -0.2) is 16.3 Å². The minimum Gasteiger partial charge on any atom is -0.392 e. The van der Waals surface area contributed by atoms with Crippen molar-refractivity contribution in [3.63, 3.8) is 0 Å². The van der Waals surface area contributed by atoms with E-state index < -0.39 is 10.3 Å². The fraction of sp³-hybridized carbons (Fsp3) is 0.556. The van der Waals surface area contributed by atoms with Gasteiger partial charge in [0.1, 0.15) is 4.32 Å². The Morgan fingerprint density at radius 2 is 2.23 bits per heavy atom. The molecular weight excluding hydrogens is 236 g/mol. The van der Waals surface area contributed by atoms with Crippen LogP contribution in [-0.2, 0) is 14.3 Å². The molecule has 0 amide bonds. The molecule has 0 spiro atoms. The van der Waals surface area contributed by atoms with E-state index in [0.717, 1.165) is 6.42 Å². The molecule has 0 aromatic rings. The van der Waals surface area contributed by atoms with Gasteiger partial charge in [-0.3, -0.25) is 4.79 Å². The maximum atomic E-state index is 11.5. The molecule has 4 unspecified atom stereocenters. The first-order valence-corrected chi connectivity index (χ1v) is 5.06. The topological polar surface area (TPSA) is 43.4 Å². The van der Waals surface area contributed by atoms with E-state index in [1.807, 2.05) is 12.2 Å². The van der Waals surface area contributed by atoms with Gasteiger partial charge in [0.25, 0.3) is 0 Å². The zero-order valence-electron chi connectivity index (χ0n) is 6.70. The van der Waals surface area contributed by atoms with Crippen molar-refractivity contribution < 1.29 is 14.3 Å². The Labute approximate surface area is 83.3 Å². The Balaban J connectivity index is 2.17. The lowest BCUT2D eigenvalue weighted by Crippen LogP contribution is -2.38. The van der Waals surface area contributed by atoms with Crippen molar-refractivity contribution in [2.75, 3.05) is 0 Å². The van der Waals surface area contributed by atoms with Gasteiger partial charge < -0.3 is 4.74 Å². The molecule has 1 aliphatic heterocycles. The Morgan fingerprint density at radius 1 is 1.46 bits per heavy atom. The summed E-state index contributed by atoms with van der Waals surface area (Å²) in [5.74, 6) is -0.710. The lowest BCUT2D eigenvalue weighted by Gasteiger charge is -2.23. The fourth-order valence-electron chi connectivity index (χ4n) is 2.69. The van der Waals surface area contributed by atoms with Crippen LogP contribution in [0.5, 0.6) is 0 Å². The first kappa shape index (κ1) is 7.74. The maximum Gasteiger partial charge on any atom is 0.332 e. The number of ether oxygens (including phenoxy) is 1. The molecule has 0 N–H and O–H groups in total. The Kier molecular flexibility index (Phi) is 1.22. The molecule has 4 atom stereocenters. The second-order valence-electron chi connectivity index (χ2n) is 3.85. The Hall–Kier alpha value is -0.640. The van der Waals surface area contributed by atoms with Gasteiger partial charge >= 0.3 is 11.9 Å². The number of carbonyl (C=O) groups is 2. The number of cyclic esters (lactones) is 2. The first-order valence-electron chi connectivity index (χ1n) is 4.27. The summed E-state index contributed by atoms with van der Waals surface area (Å²) in [4.78, 5) is 22.8. The smallest absolute Gasteiger partial charge is 0.332 e. The predicted molar refractivity (Wildman–Crippen MR) is 47.0 cm³/mol. The Bertz CT molecular complexity index is 349. The number of rotatable bonds is 0. The van der Waals surface area contributed by atoms with Crippen LogP contribution in [0, 0.1) is 17.8 Å². The van der Waals surface area contributed by atoms with Crippen LogP contribution in [0.15, 0.2) is 12.2 Å². The summed E-state index contributed by atoms with van der Waals surface area (Å²) in [6.07, 6.45) is 4.93. The summed E-state index contributed by atoms with van der Waals surface area (Å²) in [6, 6.07) is 0. The van der Waals surface area contributed by atoms with Crippen LogP contribution in [0.2, 0.25) is 0 Å². The van der Waals surface area contributed by atoms with E-state index in [1.54, 1.807) is 0 Å². The van der Waals surface area contributed by atoms with Crippen LogP contribution in [0.3, 0.4) is 0 Å². The molecule has 2 bridgehead atoms. The quantitative estimate of drug-likeness (QED) is 0.276. The molecule has 1 heterocycles. The van der Waals surface area contributed by atoms with Crippen LogP contribution in [0.1, 0.15) is 6.42 Å². The summed E-state index contributed by atoms with van der Waals surface area (Å²) in [6.45, 7) is 0. The van der Waals surface area contributed by atoms with Crippen molar-refractivity contribution in [3.05, 3.63) is 12.2 Å². The molecule has 0 aromatic heterocycles. The molecule has 2 fully saturated rings. The number of halogens is 1. The van der Waals surface area contributed by atoms with E-state index in [-0.39, 0.29) is 23.7 Å². The maximum absolute atomic E-state index is 11.5. The van der Waals surface area contributed by atoms with E-state index >= 15 is 0 Å². The van der Waals surface area contributed by atoms with Crippen LogP contribution >= 0.6 is 15.9 Å². The molecule has 2 aliphatic carbocycles. The molecule has 4 heteroatoms. The highest BCUT2D eigenvalue weighted by atomic mass is 79.9. The molecule has 13 heavy (non-hydrogen) atoms. The van der Waals surface area contributed by atoms with E-state index in [2.05, 4.69) is 20.7 Å². The van der Waals surface area contributed by atoms with Gasteiger partial charge in [0.15, 0.2) is 0 Å². The van der Waals surface area contributed by atoms with Gasteiger partial charge in [0.05, 0.1) is 5.92 Å². The number of allylic oxidation sites excluding steroid dienone is 2. The zero-order valence-corrected chi connectivity index (χ0v) is 8.28. The molecular formula is C9H7BrO3.